The zero-order chi connectivity index (χ0) is 9.78. The van der Waals surface area contributed by atoms with Gasteiger partial charge in [-0.25, -0.2) is 0 Å². The first kappa shape index (κ1) is 12.0. The van der Waals surface area contributed by atoms with Gasteiger partial charge in [0.2, 0.25) is 0 Å². The van der Waals surface area contributed by atoms with Crippen molar-refractivity contribution in [3.05, 3.63) is 0 Å². The van der Waals surface area contributed by atoms with Crippen molar-refractivity contribution in [2.24, 2.45) is 11.8 Å². The van der Waals surface area contributed by atoms with Crippen LogP contribution in [-0.2, 0) is 0 Å². The maximum Gasteiger partial charge on any atom is 0.00966 e. The molecule has 1 heteroatoms. The second kappa shape index (κ2) is 4.86. The van der Waals surface area contributed by atoms with Crippen molar-refractivity contribution in [2.75, 3.05) is 6.54 Å². The summed E-state index contributed by atoms with van der Waals surface area (Å²) in [7, 11) is 0. The molecule has 1 atom stereocenters. The minimum atomic E-state index is 0.269. The summed E-state index contributed by atoms with van der Waals surface area (Å²) in [4.78, 5) is 0. The van der Waals surface area contributed by atoms with Crippen LogP contribution in [0.15, 0.2) is 0 Å². The molecule has 0 saturated carbocycles. The Bertz CT molecular complexity index is 111. The van der Waals surface area contributed by atoms with Crippen molar-refractivity contribution in [1.29, 1.82) is 0 Å². The molecule has 0 heterocycles. The Kier molecular flexibility index (Phi) is 4.84. The molecule has 0 radical (unpaired) electrons. The standard InChI is InChI=1S/C11H25N/c1-9(2)7-10(3)8-12-11(4,5)6/h9-10,12H,7-8H2,1-6H3. The maximum atomic E-state index is 3.53. The van der Waals surface area contributed by atoms with Crippen molar-refractivity contribution < 1.29 is 0 Å². The van der Waals surface area contributed by atoms with Crippen LogP contribution in [0.25, 0.3) is 0 Å². The third-order valence-electron chi connectivity index (χ3n) is 1.85. The van der Waals surface area contributed by atoms with Crippen molar-refractivity contribution in [2.45, 2.75) is 53.5 Å². The third kappa shape index (κ3) is 8.06. The first-order valence-electron chi connectivity index (χ1n) is 5.06. The van der Waals surface area contributed by atoms with Crippen LogP contribution in [0.4, 0.5) is 0 Å². The predicted octanol–water partition coefficient (Wildman–Crippen LogP) is 3.06. The van der Waals surface area contributed by atoms with E-state index in [1.807, 2.05) is 0 Å². The molecule has 0 aromatic heterocycles. The van der Waals surface area contributed by atoms with Gasteiger partial charge in [0.25, 0.3) is 0 Å². The molecule has 0 aromatic carbocycles. The Morgan fingerprint density at radius 2 is 1.58 bits per heavy atom. The number of hydrogen-bond acceptors (Lipinski definition) is 1. The van der Waals surface area contributed by atoms with Crippen molar-refractivity contribution in [3.8, 4) is 0 Å². The summed E-state index contributed by atoms with van der Waals surface area (Å²) in [5, 5.41) is 3.53. The van der Waals surface area contributed by atoms with Gasteiger partial charge in [-0.15, -0.1) is 0 Å². The minimum absolute atomic E-state index is 0.269. The molecule has 0 fully saturated rings. The summed E-state index contributed by atoms with van der Waals surface area (Å²) in [5.41, 5.74) is 0.269. The molecule has 0 aliphatic heterocycles. The van der Waals surface area contributed by atoms with E-state index in [9.17, 15) is 0 Å². The van der Waals surface area contributed by atoms with E-state index >= 15 is 0 Å². The number of rotatable bonds is 4. The van der Waals surface area contributed by atoms with E-state index in [2.05, 4.69) is 46.9 Å². The summed E-state index contributed by atoms with van der Waals surface area (Å²) in [5.74, 6) is 1.62. The van der Waals surface area contributed by atoms with Crippen LogP contribution in [0.5, 0.6) is 0 Å². The highest BCUT2D eigenvalue weighted by atomic mass is 14.9. The summed E-state index contributed by atoms with van der Waals surface area (Å²) in [6, 6.07) is 0. The third-order valence-corrected chi connectivity index (χ3v) is 1.85. The normalized spacial score (nSPS) is 15.2. The van der Waals surface area contributed by atoms with E-state index in [-0.39, 0.29) is 5.54 Å². The van der Waals surface area contributed by atoms with Gasteiger partial charge in [-0.05, 0) is 45.6 Å². The highest BCUT2D eigenvalue weighted by Gasteiger charge is 2.11. The van der Waals surface area contributed by atoms with E-state index in [0.717, 1.165) is 18.4 Å². The van der Waals surface area contributed by atoms with Gasteiger partial charge in [0.15, 0.2) is 0 Å². The summed E-state index contributed by atoms with van der Waals surface area (Å²) in [6.45, 7) is 14.7. The minimum Gasteiger partial charge on any atom is -0.312 e. The summed E-state index contributed by atoms with van der Waals surface area (Å²) in [6.07, 6.45) is 1.32. The summed E-state index contributed by atoms with van der Waals surface area (Å²) >= 11 is 0. The van der Waals surface area contributed by atoms with Crippen molar-refractivity contribution >= 4 is 0 Å². The smallest absolute Gasteiger partial charge is 0.00966 e. The molecular formula is C11H25N. The molecule has 1 N–H and O–H groups in total. The van der Waals surface area contributed by atoms with Crippen LogP contribution in [0.3, 0.4) is 0 Å². The molecule has 0 aliphatic rings. The Labute approximate surface area is 77.9 Å². The Balaban J connectivity index is 3.51. The fourth-order valence-corrected chi connectivity index (χ4v) is 1.37. The average Bonchev–Trinajstić information content (AvgIpc) is 1.80. The molecule has 0 rings (SSSR count). The number of nitrogens with one attached hydrogen (secondary N) is 1. The van der Waals surface area contributed by atoms with E-state index in [1.165, 1.54) is 6.42 Å². The highest BCUT2D eigenvalue weighted by molar-refractivity contribution is 4.72. The molecule has 1 unspecified atom stereocenters. The lowest BCUT2D eigenvalue weighted by molar-refractivity contribution is 0.349. The predicted molar refractivity (Wildman–Crippen MR) is 56.4 cm³/mol. The van der Waals surface area contributed by atoms with Crippen molar-refractivity contribution in [3.63, 3.8) is 0 Å². The van der Waals surface area contributed by atoms with E-state index < -0.39 is 0 Å². The van der Waals surface area contributed by atoms with Gasteiger partial charge in [-0.1, -0.05) is 20.8 Å². The fraction of sp³-hybridized carbons (Fsp3) is 1.00. The zero-order valence-corrected chi connectivity index (χ0v) is 9.57. The largest absolute Gasteiger partial charge is 0.312 e. The quantitative estimate of drug-likeness (QED) is 0.685. The second-order valence-corrected chi connectivity index (χ2v) is 5.37. The average molecular weight is 171 g/mol. The van der Waals surface area contributed by atoms with Crippen molar-refractivity contribution in [1.82, 2.24) is 5.32 Å². The summed E-state index contributed by atoms with van der Waals surface area (Å²) < 4.78 is 0. The number of hydrogen-bond donors (Lipinski definition) is 1. The van der Waals surface area contributed by atoms with E-state index in [0.29, 0.717) is 0 Å². The molecule has 0 aliphatic carbocycles. The Hall–Kier alpha value is -0.0400. The molecule has 74 valence electrons. The molecular weight excluding hydrogens is 146 g/mol. The molecule has 0 amide bonds. The zero-order valence-electron chi connectivity index (χ0n) is 9.57. The first-order chi connectivity index (χ1) is 5.31. The first-order valence-corrected chi connectivity index (χ1v) is 5.06. The van der Waals surface area contributed by atoms with Crippen LogP contribution in [0.2, 0.25) is 0 Å². The van der Waals surface area contributed by atoms with Gasteiger partial charge in [-0.3, -0.25) is 0 Å². The van der Waals surface area contributed by atoms with Crippen LogP contribution >= 0.6 is 0 Å². The molecule has 0 spiro atoms. The van der Waals surface area contributed by atoms with Gasteiger partial charge in [0.05, 0.1) is 0 Å². The molecule has 0 saturated heterocycles. The second-order valence-electron chi connectivity index (χ2n) is 5.37. The highest BCUT2D eigenvalue weighted by Crippen LogP contribution is 2.11. The van der Waals surface area contributed by atoms with Crippen LogP contribution < -0.4 is 5.32 Å². The fourth-order valence-electron chi connectivity index (χ4n) is 1.37. The maximum absolute atomic E-state index is 3.53. The van der Waals surface area contributed by atoms with Crippen LogP contribution in [0.1, 0.15) is 48.0 Å². The van der Waals surface area contributed by atoms with Crippen LogP contribution in [-0.4, -0.2) is 12.1 Å². The van der Waals surface area contributed by atoms with Crippen LogP contribution in [0, 0.1) is 11.8 Å². The lowest BCUT2D eigenvalue weighted by Gasteiger charge is -2.24. The monoisotopic (exact) mass is 171 g/mol. The topological polar surface area (TPSA) is 12.0 Å². The van der Waals surface area contributed by atoms with Gasteiger partial charge in [0.1, 0.15) is 0 Å². The van der Waals surface area contributed by atoms with Gasteiger partial charge in [-0.2, -0.15) is 0 Å². The SMILES string of the molecule is CC(C)CC(C)CNC(C)(C)C. The lowest BCUT2D eigenvalue weighted by atomic mass is 9.98. The molecule has 0 bridgehead atoms. The molecule has 0 aromatic rings. The van der Waals surface area contributed by atoms with E-state index in [4.69, 9.17) is 0 Å². The van der Waals surface area contributed by atoms with E-state index in [1.54, 1.807) is 0 Å². The Morgan fingerprint density at radius 3 is 1.92 bits per heavy atom. The van der Waals surface area contributed by atoms with Gasteiger partial charge in [0, 0.05) is 5.54 Å². The molecule has 12 heavy (non-hydrogen) atoms. The molecule has 1 nitrogen and oxygen atoms in total. The van der Waals surface area contributed by atoms with Gasteiger partial charge < -0.3 is 5.32 Å². The van der Waals surface area contributed by atoms with Gasteiger partial charge >= 0.3 is 0 Å². The lowest BCUT2D eigenvalue weighted by Crippen LogP contribution is -2.38. The Morgan fingerprint density at radius 1 is 1.08 bits per heavy atom.